The van der Waals surface area contributed by atoms with E-state index in [4.69, 9.17) is 20.8 Å². The van der Waals surface area contributed by atoms with Crippen LogP contribution in [0.5, 0.6) is 5.75 Å². The fourth-order valence-electron chi connectivity index (χ4n) is 4.69. The van der Waals surface area contributed by atoms with Crippen molar-refractivity contribution in [3.05, 3.63) is 87.0 Å². The molecule has 4 N–H and O–H groups in total. The smallest absolute Gasteiger partial charge is 0.254 e. The molecular formula is C29H34ClN3O6S. The maximum absolute atomic E-state index is 12.7. The van der Waals surface area contributed by atoms with Gasteiger partial charge in [-0.2, -0.15) is 4.72 Å². The van der Waals surface area contributed by atoms with Gasteiger partial charge >= 0.3 is 0 Å². The molecule has 0 aliphatic heterocycles. The fourth-order valence-corrected chi connectivity index (χ4v) is 5.75. The van der Waals surface area contributed by atoms with E-state index in [2.05, 4.69) is 15.0 Å². The Bertz CT molecular complexity index is 1600. The lowest BCUT2D eigenvalue weighted by Gasteiger charge is -2.15. The Morgan fingerprint density at radius 3 is 2.50 bits per heavy atom. The third kappa shape index (κ3) is 7.06. The van der Waals surface area contributed by atoms with Gasteiger partial charge in [-0.25, -0.2) is 8.42 Å². The van der Waals surface area contributed by atoms with Crippen molar-refractivity contribution in [2.24, 2.45) is 0 Å². The van der Waals surface area contributed by atoms with Crippen molar-refractivity contribution in [1.29, 1.82) is 0 Å². The van der Waals surface area contributed by atoms with Crippen LogP contribution in [0.25, 0.3) is 10.9 Å². The highest BCUT2D eigenvalue weighted by Crippen LogP contribution is 2.29. The largest absolute Gasteiger partial charge is 0.494 e. The van der Waals surface area contributed by atoms with Crippen molar-refractivity contribution in [3.63, 3.8) is 0 Å². The molecule has 0 spiro atoms. The van der Waals surface area contributed by atoms with Gasteiger partial charge in [0.05, 0.1) is 23.6 Å². The maximum Gasteiger partial charge on any atom is 0.254 e. The van der Waals surface area contributed by atoms with Crippen LogP contribution < -0.4 is 14.8 Å². The summed E-state index contributed by atoms with van der Waals surface area (Å²) >= 11 is 6.25. The Labute approximate surface area is 238 Å². The molecular weight excluding hydrogens is 554 g/mol. The second-order valence-electron chi connectivity index (χ2n) is 9.81. The molecule has 40 heavy (non-hydrogen) atoms. The van der Waals surface area contributed by atoms with E-state index < -0.39 is 27.9 Å². The van der Waals surface area contributed by atoms with Gasteiger partial charge < -0.3 is 24.6 Å². The summed E-state index contributed by atoms with van der Waals surface area (Å²) in [7, 11) is -3.93. The highest BCUT2D eigenvalue weighted by atomic mass is 35.5. The number of hydrogen-bond acceptors (Lipinski definition) is 6. The molecule has 214 valence electrons. The van der Waals surface area contributed by atoms with E-state index in [1.54, 1.807) is 19.9 Å². The molecule has 2 aromatic heterocycles. The van der Waals surface area contributed by atoms with E-state index in [1.807, 2.05) is 50.2 Å². The summed E-state index contributed by atoms with van der Waals surface area (Å²) in [5.41, 5.74) is 4.20. The first-order valence-electron chi connectivity index (χ1n) is 13.0. The number of ether oxygens (including phenoxy) is 1. The Balaban J connectivity index is 1.39. The number of furan rings is 1. The number of aliphatic hydroxyl groups excluding tert-OH is 1. The second kappa shape index (κ2) is 12.5. The maximum atomic E-state index is 12.7. The van der Waals surface area contributed by atoms with Gasteiger partial charge in [-0.05, 0) is 81.5 Å². The third-order valence-corrected chi connectivity index (χ3v) is 8.52. The van der Waals surface area contributed by atoms with Crippen LogP contribution in [0.3, 0.4) is 0 Å². The van der Waals surface area contributed by atoms with Crippen LogP contribution in [0.15, 0.2) is 46.9 Å². The van der Waals surface area contributed by atoms with Gasteiger partial charge in [0, 0.05) is 22.5 Å². The number of aliphatic hydroxyl groups is 1. The number of nitrogens with one attached hydrogen (secondary N) is 3. The predicted octanol–water partition coefficient (Wildman–Crippen LogP) is 5.00. The zero-order valence-electron chi connectivity index (χ0n) is 22.9. The summed E-state index contributed by atoms with van der Waals surface area (Å²) in [5, 5.41) is 15.1. The first-order chi connectivity index (χ1) is 18.9. The topological polar surface area (TPSA) is 134 Å². The first-order valence-corrected chi connectivity index (χ1v) is 15.0. The number of para-hydroxylation sites is 1. The number of aryl methyl sites for hydroxylation is 5. The number of amides is 1. The molecule has 0 saturated carbocycles. The van der Waals surface area contributed by atoms with Gasteiger partial charge in [0.25, 0.3) is 5.91 Å². The minimum atomic E-state index is -3.93. The van der Waals surface area contributed by atoms with Gasteiger partial charge in [0.1, 0.15) is 17.3 Å². The monoisotopic (exact) mass is 587 g/mol. The van der Waals surface area contributed by atoms with Crippen LogP contribution in [0.4, 0.5) is 0 Å². The number of carbonyl (C=O) groups excluding carboxylic acids is 1. The minimum absolute atomic E-state index is 0.134. The van der Waals surface area contributed by atoms with Crippen molar-refractivity contribution >= 4 is 38.4 Å². The van der Waals surface area contributed by atoms with E-state index in [1.165, 1.54) is 0 Å². The minimum Gasteiger partial charge on any atom is -0.494 e. The Morgan fingerprint density at radius 1 is 1.12 bits per heavy atom. The van der Waals surface area contributed by atoms with Gasteiger partial charge in [-0.15, -0.1) is 0 Å². The third-order valence-electron chi connectivity index (χ3n) is 6.60. The molecule has 0 bridgehead atoms. The first kappa shape index (κ1) is 29.7. The standard InChI is InChI=1S/C29H34ClN3O6S/c1-17-14-21(15-18(2)26(17)30)38-12-7-9-23-22-8-5-6-10-25(22)32-27(23)29(35)33-40(36,37)13-11-31-28(34)24-16-19(3)39-20(24)4/h5-6,8,10,14-16,29,32-33,35H,7,9,11-13H2,1-4H3,(H,31,34). The van der Waals surface area contributed by atoms with E-state index in [-0.39, 0.29) is 6.54 Å². The van der Waals surface area contributed by atoms with E-state index in [9.17, 15) is 18.3 Å². The highest BCUT2D eigenvalue weighted by molar-refractivity contribution is 7.89. The number of aromatic nitrogens is 1. The molecule has 2 aromatic carbocycles. The number of halogens is 1. The zero-order chi connectivity index (χ0) is 29.0. The van der Waals surface area contributed by atoms with Gasteiger partial charge in [-0.1, -0.05) is 29.8 Å². The average Bonchev–Trinajstić information content (AvgIpc) is 3.43. The highest BCUT2D eigenvalue weighted by Gasteiger charge is 2.23. The summed E-state index contributed by atoms with van der Waals surface area (Å²) in [5.74, 6) is 0.956. The fraction of sp³-hybridized carbons (Fsp3) is 0.345. The molecule has 0 fully saturated rings. The van der Waals surface area contributed by atoms with Crippen molar-refractivity contribution in [1.82, 2.24) is 15.0 Å². The van der Waals surface area contributed by atoms with Crippen molar-refractivity contribution in [3.8, 4) is 5.75 Å². The second-order valence-corrected chi connectivity index (χ2v) is 12.1. The van der Waals surface area contributed by atoms with E-state index in [0.29, 0.717) is 42.2 Å². The summed E-state index contributed by atoms with van der Waals surface area (Å²) < 4.78 is 39.1. The van der Waals surface area contributed by atoms with Gasteiger partial charge in [0.15, 0.2) is 6.23 Å². The van der Waals surface area contributed by atoms with Crippen LogP contribution in [0.2, 0.25) is 5.02 Å². The Morgan fingerprint density at radius 2 is 1.82 bits per heavy atom. The predicted molar refractivity (Wildman–Crippen MR) is 155 cm³/mol. The molecule has 0 aliphatic carbocycles. The van der Waals surface area contributed by atoms with Crippen LogP contribution in [-0.2, 0) is 16.4 Å². The van der Waals surface area contributed by atoms with Gasteiger partial charge in [0.2, 0.25) is 10.0 Å². The van der Waals surface area contributed by atoms with Crippen LogP contribution in [0.1, 0.15) is 56.9 Å². The molecule has 1 atom stereocenters. The molecule has 1 amide bonds. The van der Waals surface area contributed by atoms with Crippen LogP contribution in [-0.4, -0.2) is 43.3 Å². The van der Waals surface area contributed by atoms with Crippen molar-refractivity contribution in [2.75, 3.05) is 18.9 Å². The van der Waals surface area contributed by atoms with Crippen LogP contribution in [0, 0.1) is 27.7 Å². The molecule has 0 aliphatic rings. The molecule has 2 heterocycles. The molecule has 9 nitrogen and oxygen atoms in total. The van der Waals surface area contributed by atoms with Crippen molar-refractivity contribution in [2.45, 2.75) is 46.8 Å². The summed E-state index contributed by atoms with van der Waals surface area (Å²) in [4.78, 5) is 15.5. The summed E-state index contributed by atoms with van der Waals surface area (Å²) in [6, 6.07) is 12.9. The number of H-pyrrole nitrogens is 1. The Kier molecular flexibility index (Phi) is 9.25. The lowest BCUT2D eigenvalue weighted by atomic mass is 10.0. The van der Waals surface area contributed by atoms with Gasteiger partial charge in [-0.3, -0.25) is 4.79 Å². The van der Waals surface area contributed by atoms with E-state index >= 15 is 0 Å². The Hall–Kier alpha value is -3.31. The SMILES string of the molecule is Cc1cc(C(=O)NCCS(=O)(=O)NC(O)c2[nH]c3ccccc3c2CCCOc2cc(C)c(Cl)c(C)c2)c(C)o1. The molecule has 0 radical (unpaired) electrons. The number of benzene rings is 2. The number of fused-ring (bicyclic) bond motifs is 1. The molecule has 0 saturated heterocycles. The summed E-state index contributed by atoms with van der Waals surface area (Å²) in [6.45, 7) is 7.55. The molecule has 4 aromatic rings. The number of hydrogen-bond donors (Lipinski definition) is 4. The van der Waals surface area contributed by atoms with Crippen molar-refractivity contribution < 1.29 is 27.5 Å². The molecule has 11 heteroatoms. The lowest BCUT2D eigenvalue weighted by Crippen LogP contribution is -2.36. The zero-order valence-corrected chi connectivity index (χ0v) is 24.5. The quantitative estimate of drug-likeness (QED) is 0.136. The van der Waals surface area contributed by atoms with Crippen LogP contribution >= 0.6 is 11.6 Å². The summed E-state index contributed by atoms with van der Waals surface area (Å²) in [6.07, 6.45) is -0.318. The average molecular weight is 588 g/mol. The normalized spacial score (nSPS) is 12.6. The number of carbonyl (C=O) groups is 1. The number of sulfonamides is 1. The number of aromatic amines is 1. The number of rotatable bonds is 12. The lowest BCUT2D eigenvalue weighted by molar-refractivity contribution is 0.0954. The molecule has 1 unspecified atom stereocenters. The molecule has 4 rings (SSSR count). The van der Waals surface area contributed by atoms with E-state index in [0.717, 1.165) is 38.4 Å².